The molecule has 0 heterocycles. The summed E-state index contributed by atoms with van der Waals surface area (Å²) in [5, 5.41) is 0.495. The number of benzene rings is 1. The second kappa shape index (κ2) is 5.37. The minimum absolute atomic E-state index is 0.0460. The Hall–Kier alpha value is -0.290. The van der Waals surface area contributed by atoms with Gasteiger partial charge >= 0.3 is 0 Å². The maximum Gasteiger partial charge on any atom is 0.298 e. The van der Waals surface area contributed by atoms with Crippen LogP contribution in [0, 0.1) is 12.3 Å². The first-order valence-electron chi connectivity index (χ1n) is 5.38. The van der Waals surface area contributed by atoms with Gasteiger partial charge in [-0.15, -0.1) is 0 Å². The summed E-state index contributed by atoms with van der Waals surface area (Å²) in [7, 11) is -3.85. The second-order valence-corrected chi connectivity index (χ2v) is 7.71. The summed E-state index contributed by atoms with van der Waals surface area (Å²) in [6, 6.07) is 2.83. The Morgan fingerprint density at radius 2 is 1.72 bits per heavy atom. The summed E-state index contributed by atoms with van der Waals surface area (Å²) in [6.45, 7) is 7.46. The van der Waals surface area contributed by atoms with Gasteiger partial charge in [0.1, 0.15) is 4.90 Å². The quantitative estimate of drug-likeness (QED) is 0.791. The zero-order chi connectivity index (χ0) is 14.1. The van der Waals surface area contributed by atoms with Gasteiger partial charge in [0.15, 0.2) is 0 Å². The molecule has 0 amide bonds. The van der Waals surface area contributed by atoms with Crippen molar-refractivity contribution in [1.29, 1.82) is 0 Å². The molecule has 18 heavy (non-hydrogen) atoms. The van der Waals surface area contributed by atoms with Crippen LogP contribution in [0.1, 0.15) is 26.3 Å². The smallest absolute Gasteiger partial charge is 0.266 e. The summed E-state index contributed by atoms with van der Waals surface area (Å²) in [5.74, 6) is 0. The molecule has 3 nitrogen and oxygen atoms in total. The van der Waals surface area contributed by atoms with E-state index in [1.807, 2.05) is 20.8 Å². The molecule has 1 rings (SSSR count). The monoisotopic (exact) mass is 310 g/mol. The Kier molecular flexibility index (Phi) is 4.70. The molecule has 0 saturated carbocycles. The molecule has 1 aromatic rings. The van der Waals surface area contributed by atoms with Crippen LogP contribution < -0.4 is 0 Å². The third-order valence-electron chi connectivity index (χ3n) is 2.13. The van der Waals surface area contributed by atoms with E-state index in [2.05, 4.69) is 0 Å². The van der Waals surface area contributed by atoms with Crippen molar-refractivity contribution in [2.75, 3.05) is 6.61 Å². The minimum atomic E-state index is -3.85. The molecular formula is C12H16Cl2O3S. The zero-order valence-corrected chi connectivity index (χ0v) is 13.1. The third-order valence-corrected chi connectivity index (χ3v) is 4.27. The molecule has 0 aromatic heterocycles. The van der Waals surface area contributed by atoms with Crippen LogP contribution in [0.2, 0.25) is 10.0 Å². The van der Waals surface area contributed by atoms with Crippen LogP contribution in [0.5, 0.6) is 0 Å². The normalized spacial score (nSPS) is 12.8. The Morgan fingerprint density at radius 3 is 2.22 bits per heavy atom. The number of aryl methyl sites for hydroxylation is 1. The van der Waals surface area contributed by atoms with Gasteiger partial charge in [0, 0.05) is 5.02 Å². The van der Waals surface area contributed by atoms with Gasteiger partial charge in [-0.3, -0.25) is 4.18 Å². The van der Waals surface area contributed by atoms with E-state index >= 15 is 0 Å². The lowest BCUT2D eigenvalue weighted by atomic mass is 9.99. The SMILES string of the molecule is Cc1cc(S(=O)(=O)OCC(C)(C)C)c(Cl)cc1Cl. The molecule has 0 N–H and O–H groups in total. The molecule has 0 spiro atoms. The van der Waals surface area contributed by atoms with Crippen molar-refractivity contribution in [2.45, 2.75) is 32.6 Å². The molecule has 0 atom stereocenters. The molecule has 0 unspecified atom stereocenters. The summed E-state index contributed by atoms with van der Waals surface area (Å²) in [5.41, 5.74) is 0.389. The highest BCUT2D eigenvalue weighted by molar-refractivity contribution is 7.86. The summed E-state index contributed by atoms with van der Waals surface area (Å²) < 4.78 is 29.0. The Morgan fingerprint density at radius 1 is 1.17 bits per heavy atom. The zero-order valence-electron chi connectivity index (χ0n) is 10.8. The van der Waals surface area contributed by atoms with E-state index in [9.17, 15) is 8.42 Å². The molecular weight excluding hydrogens is 295 g/mol. The van der Waals surface area contributed by atoms with Crippen LogP contribution in [0.4, 0.5) is 0 Å². The first-order chi connectivity index (χ1) is 8.03. The highest BCUT2D eigenvalue weighted by atomic mass is 35.5. The van der Waals surface area contributed by atoms with Gasteiger partial charge in [0.25, 0.3) is 10.1 Å². The van der Waals surface area contributed by atoms with E-state index in [4.69, 9.17) is 27.4 Å². The predicted molar refractivity (Wildman–Crippen MR) is 73.8 cm³/mol. The molecule has 0 aliphatic heterocycles. The van der Waals surface area contributed by atoms with Crippen LogP contribution in [-0.4, -0.2) is 15.0 Å². The molecule has 0 aliphatic rings. The van der Waals surface area contributed by atoms with Crippen LogP contribution in [-0.2, 0) is 14.3 Å². The second-order valence-electron chi connectivity index (χ2n) is 5.31. The number of hydrogen-bond acceptors (Lipinski definition) is 3. The van der Waals surface area contributed by atoms with E-state index in [0.29, 0.717) is 10.6 Å². The maximum atomic E-state index is 12.0. The largest absolute Gasteiger partial charge is 0.298 e. The van der Waals surface area contributed by atoms with Gasteiger partial charge in [0.05, 0.1) is 11.6 Å². The van der Waals surface area contributed by atoms with Crippen molar-refractivity contribution in [3.8, 4) is 0 Å². The molecule has 6 heteroatoms. The van der Waals surface area contributed by atoms with E-state index in [1.54, 1.807) is 6.92 Å². The predicted octanol–water partition coefficient (Wildman–Crippen LogP) is 4.05. The Balaban J connectivity index is 3.10. The fourth-order valence-corrected chi connectivity index (χ4v) is 3.06. The summed E-state index contributed by atoms with van der Waals surface area (Å²) in [4.78, 5) is -0.0460. The van der Waals surface area contributed by atoms with Gasteiger partial charge < -0.3 is 0 Å². The fourth-order valence-electron chi connectivity index (χ4n) is 1.14. The molecule has 0 radical (unpaired) electrons. The van der Waals surface area contributed by atoms with E-state index in [0.717, 1.165) is 0 Å². The highest BCUT2D eigenvalue weighted by Gasteiger charge is 2.23. The summed E-state index contributed by atoms with van der Waals surface area (Å²) >= 11 is 11.8. The van der Waals surface area contributed by atoms with E-state index in [1.165, 1.54) is 12.1 Å². The molecule has 1 aromatic carbocycles. The van der Waals surface area contributed by atoms with E-state index < -0.39 is 10.1 Å². The molecule has 102 valence electrons. The average Bonchev–Trinajstić information content (AvgIpc) is 2.19. The topological polar surface area (TPSA) is 43.4 Å². The van der Waals surface area contributed by atoms with Crippen molar-refractivity contribution in [3.05, 3.63) is 27.7 Å². The molecule has 0 aliphatic carbocycles. The van der Waals surface area contributed by atoms with Crippen molar-refractivity contribution in [1.82, 2.24) is 0 Å². The highest BCUT2D eigenvalue weighted by Crippen LogP contribution is 2.30. The average molecular weight is 311 g/mol. The molecule has 0 fully saturated rings. The first kappa shape index (κ1) is 15.8. The van der Waals surface area contributed by atoms with Crippen LogP contribution >= 0.6 is 23.2 Å². The number of halogens is 2. The number of rotatable bonds is 3. The van der Waals surface area contributed by atoms with Gasteiger partial charge in [-0.05, 0) is 30.0 Å². The summed E-state index contributed by atoms with van der Waals surface area (Å²) in [6.07, 6.45) is 0. The van der Waals surface area contributed by atoms with Crippen LogP contribution in [0.25, 0.3) is 0 Å². The third kappa shape index (κ3) is 4.12. The minimum Gasteiger partial charge on any atom is -0.266 e. The van der Waals surface area contributed by atoms with Gasteiger partial charge in [-0.25, -0.2) is 0 Å². The van der Waals surface area contributed by atoms with Crippen molar-refractivity contribution >= 4 is 33.3 Å². The van der Waals surface area contributed by atoms with Crippen molar-refractivity contribution in [2.24, 2.45) is 5.41 Å². The van der Waals surface area contributed by atoms with E-state index in [-0.39, 0.29) is 21.9 Å². The van der Waals surface area contributed by atoms with Crippen molar-refractivity contribution in [3.63, 3.8) is 0 Å². The van der Waals surface area contributed by atoms with Gasteiger partial charge in [-0.1, -0.05) is 44.0 Å². The van der Waals surface area contributed by atoms with Crippen molar-refractivity contribution < 1.29 is 12.6 Å². The molecule has 0 saturated heterocycles. The molecule has 0 bridgehead atoms. The maximum absolute atomic E-state index is 12.0. The lowest BCUT2D eigenvalue weighted by Crippen LogP contribution is -2.19. The lowest BCUT2D eigenvalue weighted by molar-refractivity contribution is 0.203. The van der Waals surface area contributed by atoms with Crippen LogP contribution in [0.15, 0.2) is 17.0 Å². The van der Waals surface area contributed by atoms with Crippen LogP contribution in [0.3, 0.4) is 0 Å². The van der Waals surface area contributed by atoms with Gasteiger partial charge in [0.2, 0.25) is 0 Å². The first-order valence-corrected chi connectivity index (χ1v) is 7.54. The fraction of sp³-hybridized carbons (Fsp3) is 0.500. The lowest BCUT2D eigenvalue weighted by Gasteiger charge is -2.18. The Labute approximate surface area is 118 Å². The Bertz CT molecular complexity index is 545. The number of hydrogen-bond donors (Lipinski definition) is 0. The van der Waals surface area contributed by atoms with Gasteiger partial charge in [-0.2, -0.15) is 8.42 Å². The standard InChI is InChI=1S/C12H16Cl2O3S/c1-8-5-11(10(14)6-9(8)13)18(15,16)17-7-12(2,3)4/h5-6H,7H2,1-4H3.